The molecule has 1 amide bonds. The Bertz CT molecular complexity index is 864. The topological polar surface area (TPSA) is 79.2 Å². The molecule has 1 saturated carbocycles. The Hall–Kier alpha value is -3.20. The van der Waals surface area contributed by atoms with E-state index < -0.39 is 23.9 Å². The van der Waals surface area contributed by atoms with Gasteiger partial charge in [-0.05, 0) is 54.8 Å². The van der Waals surface area contributed by atoms with Crippen LogP contribution in [0, 0.1) is 17.1 Å². The Morgan fingerprint density at radius 2 is 1.70 bits per heavy atom. The highest BCUT2D eigenvalue weighted by atomic mass is 19.1. The van der Waals surface area contributed by atoms with Crippen molar-refractivity contribution in [1.29, 1.82) is 5.26 Å². The van der Waals surface area contributed by atoms with Gasteiger partial charge < -0.3 is 10.1 Å². The van der Waals surface area contributed by atoms with Crippen molar-refractivity contribution in [3.8, 4) is 6.07 Å². The number of amides is 1. The van der Waals surface area contributed by atoms with Gasteiger partial charge in [-0.1, -0.05) is 25.0 Å². The van der Waals surface area contributed by atoms with Gasteiger partial charge in [0.05, 0.1) is 17.0 Å². The molecule has 0 bridgehead atoms. The van der Waals surface area contributed by atoms with Crippen LogP contribution in [0.5, 0.6) is 0 Å². The molecular formula is C21H19FN2O3. The number of benzene rings is 2. The van der Waals surface area contributed by atoms with Crippen LogP contribution in [0.2, 0.25) is 0 Å². The average Bonchev–Trinajstić information content (AvgIpc) is 3.18. The zero-order chi connectivity index (χ0) is 19.3. The minimum Gasteiger partial charge on any atom is -0.455 e. The van der Waals surface area contributed by atoms with E-state index in [2.05, 4.69) is 5.32 Å². The maximum Gasteiger partial charge on any atom is 0.317 e. The fraction of sp³-hybridized carbons (Fsp3) is 0.286. The number of halogens is 1. The van der Waals surface area contributed by atoms with Crippen LogP contribution < -0.4 is 5.32 Å². The number of rotatable bonds is 5. The van der Waals surface area contributed by atoms with Crippen LogP contribution in [0.3, 0.4) is 0 Å². The molecule has 1 fully saturated rings. The molecule has 5 nitrogen and oxygen atoms in total. The summed E-state index contributed by atoms with van der Waals surface area (Å²) in [6.45, 7) is -0.401. The van der Waals surface area contributed by atoms with Gasteiger partial charge in [0.15, 0.2) is 6.61 Å². The number of ether oxygens (including phenoxy) is 1. The van der Waals surface area contributed by atoms with Gasteiger partial charge in [-0.15, -0.1) is 0 Å². The van der Waals surface area contributed by atoms with E-state index in [1.165, 1.54) is 12.1 Å². The van der Waals surface area contributed by atoms with Crippen LogP contribution in [0.15, 0.2) is 48.5 Å². The van der Waals surface area contributed by atoms with E-state index >= 15 is 0 Å². The molecule has 27 heavy (non-hydrogen) atoms. The number of nitrogens with zero attached hydrogens (tertiary/aromatic N) is 1. The number of nitriles is 1. The second-order valence-corrected chi connectivity index (χ2v) is 6.61. The van der Waals surface area contributed by atoms with E-state index in [4.69, 9.17) is 10.00 Å². The first-order chi connectivity index (χ1) is 13.0. The number of carbonyl (C=O) groups excluding carboxylic acids is 2. The monoisotopic (exact) mass is 366 g/mol. The van der Waals surface area contributed by atoms with Crippen LogP contribution in [0.1, 0.15) is 36.8 Å². The third kappa shape index (κ3) is 4.14. The summed E-state index contributed by atoms with van der Waals surface area (Å²) in [5.41, 5.74) is 0.910. The third-order valence-corrected chi connectivity index (χ3v) is 4.88. The highest BCUT2D eigenvalue weighted by Gasteiger charge is 2.44. The van der Waals surface area contributed by atoms with Gasteiger partial charge in [-0.25, -0.2) is 4.39 Å². The first-order valence-corrected chi connectivity index (χ1v) is 8.77. The summed E-state index contributed by atoms with van der Waals surface area (Å²) in [5, 5.41) is 11.4. The molecule has 0 radical (unpaired) electrons. The van der Waals surface area contributed by atoms with Crippen molar-refractivity contribution in [3.05, 3.63) is 65.5 Å². The Morgan fingerprint density at radius 1 is 1.07 bits per heavy atom. The van der Waals surface area contributed by atoms with Crippen molar-refractivity contribution in [2.24, 2.45) is 0 Å². The van der Waals surface area contributed by atoms with E-state index in [1.807, 2.05) is 6.07 Å². The molecule has 138 valence electrons. The standard InChI is InChI=1S/C21H19FN2O3/c22-17-7-5-16(6-8-17)21(11-1-2-12-21)20(26)27-14-19(25)24-18-9-3-15(13-23)4-10-18/h3-10H,1-2,11-12,14H2,(H,24,25). The van der Waals surface area contributed by atoms with Gasteiger partial charge in [0.2, 0.25) is 0 Å². The Kier molecular flexibility index (Phi) is 5.51. The summed E-state index contributed by atoms with van der Waals surface area (Å²) < 4.78 is 18.5. The minimum absolute atomic E-state index is 0.359. The molecule has 0 atom stereocenters. The molecule has 0 aromatic heterocycles. The van der Waals surface area contributed by atoms with E-state index in [0.29, 0.717) is 24.1 Å². The highest BCUT2D eigenvalue weighted by molar-refractivity contribution is 5.94. The van der Waals surface area contributed by atoms with Crippen molar-refractivity contribution in [1.82, 2.24) is 0 Å². The number of carbonyl (C=O) groups is 2. The van der Waals surface area contributed by atoms with E-state index in [0.717, 1.165) is 18.4 Å². The van der Waals surface area contributed by atoms with Gasteiger partial charge in [-0.2, -0.15) is 5.26 Å². The zero-order valence-electron chi connectivity index (χ0n) is 14.7. The molecule has 2 aromatic rings. The second-order valence-electron chi connectivity index (χ2n) is 6.61. The Morgan fingerprint density at radius 3 is 2.30 bits per heavy atom. The smallest absolute Gasteiger partial charge is 0.317 e. The van der Waals surface area contributed by atoms with Crippen LogP contribution in [-0.4, -0.2) is 18.5 Å². The molecular weight excluding hydrogens is 347 g/mol. The predicted molar refractivity (Wildman–Crippen MR) is 97.3 cm³/mol. The van der Waals surface area contributed by atoms with Crippen molar-refractivity contribution in [3.63, 3.8) is 0 Å². The predicted octanol–water partition coefficient (Wildman–Crippen LogP) is 3.69. The first kappa shape index (κ1) is 18.6. The molecule has 0 aliphatic heterocycles. The van der Waals surface area contributed by atoms with Crippen molar-refractivity contribution < 1.29 is 18.7 Å². The fourth-order valence-corrected chi connectivity index (χ4v) is 3.45. The van der Waals surface area contributed by atoms with Gasteiger partial charge in [0, 0.05) is 5.69 Å². The molecule has 1 N–H and O–H groups in total. The summed E-state index contributed by atoms with van der Waals surface area (Å²) >= 11 is 0. The van der Waals surface area contributed by atoms with E-state index in [1.54, 1.807) is 36.4 Å². The van der Waals surface area contributed by atoms with Gasteiger partial charge in [0.1, 0.15) is 5.82 Å². The number of hydrogen-bond donors (Lipinski definition) is 1. The molecule has 0 spiro atoms. The second kappa shape index (κ2) is 8.00. The zero-order valence-corrected chi connectivity index (χ0v) is 14.7. The Labute approximate surface area is 156 Å². The number of nitrogens with one attached hydrogen (secondary N) is 1. The van der Waals surface area contributed by atoms with E-state index in [-0.39, 0.29) is 5.82 Å². The normalized spacial score (nSPS) is 15.0. The quantitative estimate of drug-likeness (QED) is 0.819. The minimum atomic E-state index is -0.817. The van der Waals surface area contributed by atoms with Gasteiger partial charge >= 0.3 is 5.97 Å². The molecule has 6 heteroatoms. The summed E-state index contributed by atoms with van der Waals surface area (Å²) in [4.78, 5) is 24.8. The lowest BCUT2D eigenvalue weighted by atomic mass is 9.79. The number of hydrogen-bond acceptors (Lipinski definition) is 4. The molecule has 0 saturated heterocycles. The SMILES string of the molecule is N#Cc1ccc(NC(=O)COC(=O)C2(c3ccc(F)cc3)CCCC2)cc1. The van der Waals surface area contributed by atoms with Crippen LogP contribution in [0.25, 0.3) is 0 Å². The number of anilines is 1. The molecule has 3 rings (SSSR count). The van der Waals surface area contributed by atoms with Crippen molar-refractivity contribution >= 4 is 17.6 Å². The molecule has 1 aliphatic rings. The maximum atomic E-state index is 13.2. The summed E-state index contributed by atoms with van der Waals surface area (Å²) in [6, 6.07) is 14.3. The fourth-order valence-electron chi connectivity index (χ4n) is 3.45. The summed E-state index contributed by atoms with van der Waals surface area (Å²) in [5.74, 6) is -1.27. The molecule has 0 unspecified atom stereocenters. The third-order valence-electron chi connectivity index (χ3n) is 4.88. The van der Waals surface area contributed by atoms with Crippen LogP contribution >= 0.6 is 0 Å². The van der Waals surface area contributed by atoms with Gasteiger partial charge in [-0.3, -0.25) is 9.59 Å². The molecule has 0 heterocycles. The lowest BCUT2D eigenvalue weighted by Gasteiger charge is -2.27. The first-order valence-electron chi connectivity index (χ1n) is 8.77. The van der Waals surface area contributed by atoms with Crippen LogP contribution in [-0.2, 0) is 19.7 Å². The van der Waals surface area contributed by atoms with Crippen LogP contribution in [0.4, 0.5) is 10.1 Å². The molecule has 2 aromatic carbocycles. The number of esters is 1. The lowest BCUT2D eigenvalue weighted by Crippen LogP contribution is -2.36. The maximum absolute atomic E-state index is 13.2. The van der Waals surface area contributed by atoms with E-state index in [9.17, 15) is 14.0 Å². The lowest BCUT2D eigenvalue weighted by molar-refractivity contribution is -0.153. The van der Waals surface area contributed by atoms with Crippen molar-refractivity contribution in [2.45, 2.75) is 31.1 Å². The highest BCUT2D eigenvalue weighted by Crippen LogP contribution is 2.42. The summed E-state index contributed by atoms with van der Waals surface area (Å²) in [7, 11) is 0. The van der Waals surface area contributed by atoms with Crippen molar-refractivity contribution in [2.75, 3.05) is 11.9 Å². The average molecular weight is 366 g/mol. The largest absolute Gasteiger partial charge is 0.455 e. The molecule has 1 aliphatic carbocycles. The van der Waals surface area contributed by atoms with Gasteiger partial charge in [0.25, 0.3) is 5.91 Å². The Balaban J connectivity index is 1.63. The summed E-state index contributed by atoms with van der Waals surface area (Å²) in [6.07, 6.45) is 3.00.